The molecule has 3 aromatic carbocycles. The van der Waals surface area contributed by atoms with Gasteiger partial charge in [-0.3, -0.25) is 10.4 Å². The number of hydrogen-bond acceptors (Lipinski definition) is 7. The van der Waals surface area contributed by atoms with Gasteiger partial charge in [-0.25, -0.2) is 14.0 Å². The van der Waals surface area contributed by atoms with Gasteiger partial charge < -0.3 is 25.6 Å². The maximum atomic E-state index is 14.6. The molecule has 0 spiro atoms. The molecule has 4 aromatic rings. The van der Waals surface area contributed by atoms with E-state index in [1.165, 1.54) is 37.4 Å². The molecule has 0 radical (unpaired) electrons. The number of nitrogens with one attached hydrogen (secondary N) is 3. The fraction of sp³-hybridized carbons (Fsp3) is 0.154. The van der Waals surface area contributed by atoms with Crippen molar-refractivity contribution in [3.05, 3.63) is 99.5 Å². The summed E-state index contributed by atoms with van der Waals surface area (Å²) in [5.41, 5.74) is 5.57. The van der Waals surface area contributed by atoms with Crippen LogP contribution < -0.4 is 26.2 Å². The van der Waals surface area contributed by atoms with E-state index in [4.69, 9.17) is 20.6 Å². The molecule has 12 heteroatoms. The molecular weight excluding hydrogens is 495 g/mol. The number of halogens is 1. The number of rotatable bonds is 10. The molecule has 1 heterocycles. The highest BCUT2D eigenvalue weighted by atomic mass is 19.1. The molecule has 1 atom stereocenters. The van der Waals surface area contributed by atoms with E-state index in [-0.39, 0.29) is 22.6 Å². The summed E-state index contributed by atoms with van der Waals surface area (Å²) in [7, 11) is 1.51. The second-order valence-electron chi connectivity index (χ2n) is 8.08. The first kappa shape index (κ1) is 25.9. The van der Waals surface area contributed by atoms with Gasteiger partial charge in [0.15, 0.2) is 17.3 Å². The average Bonchev–Trinajstić information content (AvgIpc) is 3.28. The van der Waals surface area contributed by atoms with Gasteiger partial charge >= 0.3 is 11.7 Å². The number of aromatic carboxylic acids is 1. The molecule has 1 aromatic heterocycles. The van der Waals surface area contributed by atoms with Crippen LogP contribution in [0.1, 0.15) is 40.3 Å². The van der Waals surface area contributed by atoms with E-state index >= 15 is 0 Å². The van der Waals surface area contributed by atoms with Crippen LogP contribution in [0.3, 0.4) is 0 Å². The van der Waals surface area contributed by atoms with Gasteiger partial charge in [-0.1, -0.05) is 18.2 Å². The predicted octanol–water partition coefficient (Wildman–Crippen LogP) is 3.29. The Morgan fingerprint density at radius 1 is 1.18 bits per heavy atom. The molecule has 1 unspecified atom stereocenters. The SMILES string of the molecule is CCOc1cc(C(Nc2ccc(C(=N)N)c(F)c2)c2nn(-c3ccccc3C(=O)O)c(=O)[nH]2)ccc1OC. The lowest BCUT2D eigenvalue weighted by Gasteiger charge is -2.20. The van der Waals surface area contributed by atoms with E-state index in [9.17, 15) is 19.1 Å². The second kappa shape index (κ2) is 10.9. The number of aromatic nitrogens is 3. The van der Waals surface area contributed by atoms with E-state index in [2.05, 4.69) is 15.4 Å². The number of carbonyl (C=O) groups is 1. The molecular formula is C26H25FN6O5. The first-order valence-corrected chi connectivity index (χ1v) is 11.5. The van der Waals surface area contributed by atoms with E-state index < -0.39 is 29.4 Å². The normalized spacial score (nSPS) is 11.6. The van der Waals surface area contributed by atoms with Crippen molar-refractivity contribution in [3.63, 3.8) is 0 Å². The third-order valence-electron chi connectivity index (χ3n) is 5.66. The van der Waals surface area contributed by atoms with Crippen molar-refractivity contribution in [2.24, 2.45) is 5.73 Å². The molecule has 4 rings (SSSR count). The van der Waals surface area contributed by atoms with E-state index in [0.717, 1.165) is 4.68 Å². The average molecular weight is 521 g/mol. The molecule has 0 saturated carbocycles. The predicted molar refractivity (Wildman–Crippen MR) is 138 cm³/mol. The highest BCUT2D eigenvalue weighted by Crippen LogP contribution is 2.33. The number of carboxylic acid groups (broad SMARTS) is 1. The van der Waals surface area contributed by atoms with Gasteiger partial charge in [-0.2, -0.15) is 4.68 Å². The Labute approximate surface area is 216 Å². The van der Waals surface area contributed by atoms with Crippen molar-refractivity contribution in [1.82, 2.24) is 14.8 Å². The number of carboxylic acids is 1. The van der Waals surface area contributed by atoms with Crippen LogP contribution in [0.15, 0.2) is 65.5 Å². The van der Waals surface area contributed by atoms with Gasteiger partial charge in [0.05, 0.1) is 30.5 Å². The van der Waals surface area contributed by atoms with Crippen molar-refractivity contribution in [2.75, 3.05) is 19.0 Å². The fourth-order valence-electron chi connectivity index (χ4n) is 3.91. The molecule has 0 saturated heterocycles. The zero-order valence-corrected chi connectivity index (χ0v) is 20.5. The Morgan fingerprint density at radius 3 is 2.61 bits per heavy atom. The number of H-pyrrole nitrogens is 1. The number of nitrogen functional groups attached to an aromatic ring is 1. The lowest BCUT2D eigenvalue weighted by molar-refractivity contribution is 0.0696. The van der Waals surface area contributed by atoms with Crippen LogP contribution in [0.25, 0.3) is 5.69 Å². The van der Waals surface area contributed by atoms with Crippen LogP contribution in [0.4, 0.5) is 10.1 Å². The Bertz CT molecular complexity index is 1560. The zero-order chi connectivity index (χ0) is 27.4. The first-order valence-electron chi connectivity index (χ1n) is 11.5. The van der Waals surface area contributed by atoms with Gasteiger partial charge in [0.25, 0.3) is 0 Å². The summed E-state index contributed by atoms with van der Waals surface area (Å²) in [4.78, 5) is 27.3. The van der Waals surface area contributed by atoms with Crippen LogP contribution in [-0.4, -0.2) is 45.4 Å². The van der Waals surface area contributed by atoms with E-state index in [1.807, 2.05) is 6.92 Å². The highest BCUT2D eigenvalue weighted by Gasteiger charge is 2.24. The summed E-state index contributed by atoms with van der Waals surface area (Å²) in [6.07, 6.45) is 0. The molecule has 0 bridgehead atoms. The van der Waals surface area contributed by atoms with E-state index in [1.54, 1.807) is 30.3 Å². The van der Waals surface area contributed by atoms with Gasteiger partial charge in [0.1, 0.15) is 17.7 Å². The maximum absolute atomic E-state index is 14.6. The smallest absolute Gasteiger partial charge is 0.348 e. The third-order valence-corrected chi connectivity index (χ3v) is 5.66. The largest absolute Gasteiger partial charge is 0.493 e. The van der Waals surface area contributed by atoms with Gasteiger partial charge in [0.2, 0.25) is 0 Å². The lowest BCUT2D eigenvalue weighted by Crippen LogP contribution is -2.18. The second-order valence-corrected chi connectivity index (χ2v) is 8.08. The topological polar surface area (TPSA) is 168 Å². The molecule has 38 heavy (non-hydrogen) atoms. The summed E-state index contributed by atoms with van der Waals surface area (Å²) in [6.45, 7) is 2.19. The molecule has 196 valence electrons. The number of para-hydroxylation sites is 1. The highest BCUT2D eigenvalue weighted by molar-refractivity contribution is 5.95. The minimum atomic E-state index is -1.22. The fourth-order valence-corrected chi connectivity index (χ4v) is 3.91. The summed E-state index contributed by atoms with van der Waals surface area (Å²) < 4.78 is 26.6. The molecule has 0 fully saturated rings. The molecule has 0 aliphatic carbocycles. The van der Waals surface area contributed by atoms with Crippen LogP contribution in [0.2, 0.25) is 0 Å². The first-order chi connectivity index (χ1) is 18.2. The van der Waals surface area contributed by atoms with Gasteiger partial charge in [-0.15, -0.1) is 5.10 Å². The monoisotopic (exact) mass is 520 g/mol. The van der Waals surface area contributed by atoms with Gasteiger partial charge in [-0.05, 0) is 55.0 Å². The van der Waals surface area contributed by atoms with Crippen LogP contribution in [-0.2, 0) is 0 Å². The molecule has 0 aliphatic heterocycles. The summed E-state index contributed by atoms with van der Waals surface area (Å²) in [5, 5.41) is 24.6. The number of anilines is 1. The number of benzene rings is 3. The number of methoxy groups -OCH3 is 1. The summed E-state index contributed by atoms with van der Waals surface area (Å²) >= 11 is 0. The van der Waals surface area contributed by atoms with Crippen molar-refractivity contribution >= 4 is 17.5 Å². The Morgan fingerprint density at radius 2 is 1.95 bits per heavy atom. The minimum absolute atomic E-state index is 0.0573. The third kappa shape index (κ3) is 5.19. The maximum Gasteiger partial charge on any atom is 0.348 e. The van der Waals surface area contributed by atoms with Crippen LogP contribution in [0, 0.1) is 11.2 Å². The molecule has 11 nitrogen and oxygen atoms in total. The summed E-state index contributed by atoms with van der Waals surface area (Å²) in [6, 6.07) is 14.3. The van der Waals surface area contributed by atoms with Crippen molar-refractivity contribution in [3.8, 4) is 17.2 Å². The molecule has 6 N–H and O–H groups in total. The standard InChI is InChI=1S/C26H25FN6O5/c1-3-38-21-12-14(8-11-20(21)37-2)22(30-15-9-10-16(23(28)29)18(27)13-15)24-31-26(36)33(32-24)19-7-5-4-6-17(19)25(34)35/h4-13,22,30H,3H2,1-2H3,(H3,28,29)(H,34,35)(H,31,32,36). The Hall–Kier alpha value is -5.13. The van der Waals surface area contributed by atoms with Crippen molar-refractivity contribution in [2.45, 2.75) is 13.0 Å². The molecule has 0 amide bonds. The van der Waals surface area contributed by atoms with Crippen molar-refractivity contribution < 1.29 is 23.8 Å². The molecule has 0 aliphatic rings. The number of ether oxygens (including phenoxy) is 2. The summed E-state index contributed by atoms with van der Waals surface area (Å²) in [5.74, 6) is -1.29. The number of amidine groups is 1. The van der Waals surface area contributed by atoms with Crippen molar-refractivity contribution in [1.29, 1.82) is 5.41 Å². The van der Waals surface area contributed by atoms with E-state index in [0.29, 0.717) is 29.4 Å². The van der Waals surface area contributed by atoms with Gasteiger partial charge in [0, 0.05) is 5.69 Å². The Balaban J connectivity index is 1.85. The Kier molecular flexibility index (Phi) is 7.42. The minimum Gasteiger partial charge on any atom is -0.493 e. The zero-order valence-electron chi connectivity index (χ0n) is 20.5. The number of hydrogen-bond donors (Lipinski definition) is 5. The number of nitrogens with two attached hydrogens (primary N) is 1. The van der Waals surface area contributed by atoms with Crippen LogP contribution >= 0.6 is 0 Å². The quantitative estimate of drug-likeness (QED) is 0.157. The van der Waals surface area contributed by atoms with Crippen LogP contribution in [0.5, 0.6) is 11.5 Å². The lowest BCUT2D eigenvalue weighted by atomic mass is 10.0. The number of aromatic amines is 1. The number of nitrogens with zero attached hydrogens (tertiary/aromatic N) is 2.